The summed E-state index contributed by atoms with van der Waals surface area (Å²) >= 11 is 0. The molecule has 0 radical (unpaired) electrons. The number of aromatic amines is 1. The minimum atomic E-state index is -0.175. The molecule has 1 aliphatic carbocycles. The molecule has 0 spiro atoms. The third-order valence-corrected chi connectivity index (χ3v) is 4.64. The van der Waals surface area contributed by atoms with E-state index in [4.69, 9.17) is 4.74 Å². The van der Waals surface area contributed by atoms with E-state index >= 15 is 0 Å². The summed E-state index contributed by atoms with van der Waals surface area (Å²) < 4.78 is 5.47. The number of aryl methyl sites for hydroxylation is 1. The van der Waals surface area contributed by atoms with Crippen LogP contribution < -0.4 is 0 Å². The number of hydrogen-bond donors (Lipinski definition) is 1. The SMILES string of the molecule is CO[C@@H]1C[C@@H](c2nc(C3CC3)n[nH]2)N(C(=O)c2cnc(C)cn2)C1. The van der Waals surface area contributed by atoms with E-state index in [1.165, 1.54) is 6.20 Å². The van der Waals surface area contributed by atoms with Gasteiger partial charge < -0.3 is 9.64 Å². The van der Waals surface area contributed by atoms with Gasteiger partial charge in [0.1, 0.15) is 11.5 Å². The maximum absolute atomic E-state index is 12.9. The number of amides is 1. The molecule has 1 saturated heterocycles. The Kier molecular flexibility index (Phi) is 3.76. The highest BCUT2D eigenvalue weighted by atomic mass is 16.5. The Hall–Kier alpha value is -2.35. The fourth-order valence-electron chi connectivity index (χ4n) is 3.06. The van der Waals surface area contributed by atoms with E-state index in [9.17, 15) is 4.79 Å². The average molecular weight is 328 g/mol. The maximum Gasteiger partial charge on any atom is 0.274 e. The number of hydrogen-bond acceptors (Lipinski definition) is 6. The van der Waals surface area contributed by atoms with E-state index in [0.717, 1.165) is 30.2 Å². The van der Waals surface area contributed by atoms with Gasteiger partial charge in [0, 0.05) is 32.2 Å². The molecule has 2 aromatic heterocycles. The van der Waals surface area contributed by atoms with Crippen molar-refractivity contribution in [3.05, 3.63) is 35.4 Å². The van der Waals surface area contributed by atoms with Crippen molar-refractivity contribution in [2.45, 2.75) is 44.2 Å². The number of likely N-dealkylation sites (tertiary alicyclic amines) is 1. The minimum Gasteiger partial charge on any atom is -0.380 e. The summed E-state index contributed by atoms with van der Waals surface area (Å²) in [4.78, 5) is 27.6. The summed E-state index contributed by atoms with van der Waals surface area (Å²) in [7, 11) is 1.66. The summed E-state index contributed by atoms with van der Waals surface area (Å²) in [5.41, 5.74) is 1.12. The van der Waals surface area contributed by atoms with Crippen molar-refractivity contribution < 1.29 is 9.53 Å². The molecule has 2 aromatic rings. The normalized spacial score (nSPS) is 23.7. The number of carbonyl (C=O) groups excluding carboxylic acids is 1. The molecule has 2 aliphatic rings. The number of methoxy groups -OCH3 is 1. The van der Waals surface area contributed by atoms with Crippen LogP contribution >= 0.6 is 0 Å². The molecule has 1 N–H and O–H groups in total. The molecule has 1 saturated carbocycles. The Morgan fingerprint density at radius 1 is 1.33 bits per heavy atom. The highest BCUT2D eigenvalue weighted by Gasteiger charge is 2.40. The molecule has 8 heteroatoms. The van der Waals surface area contributed by atoms with Crippen LogP contribution in [0, 0.1) is 6.92 Å². The number of H-pyrrole nitrogens is 1. The van der Waals surface area contributed by atoms with Gasteiger partial charge in [0.25, 0.3) is 5.91 Å². The second-order valence-electron chi connectivity index (χ2n) is 6.46. The quantitative estimate of drug-likeness (QED) is 0.911. The van der Waals surface area contributed by atoms with Crippen LogP contribution in [0.15, 0.2) is 12.4 Å². The summed E-state index contributed by atoms with van der Waals surface area (Å²) in [6.45, 7) is 2.35. The van der Waals surface area contributed by atoms with E-state index in [-0.39, 0.29) is 18.1 Å². The Morgan fingerprint density at radius 3 is 2.83 bits per heavy atom. The number of aromatic nitrogens is 5. The lowest BCUT2D eigenvalue weighted by Crippen LogP contribution is -2.33. The Labute approximate surface area is 139 Å². The van der Waals surface area contributed by atoms with Gasteiger partial charge in [-0.25, -0.2) is 9.97 Å². The predicted molar refractivity (Wildman–Crippen MR) is 84.3 cm³/mol. The third-order valence-electron chi connectivity index (χ3n) is 4.64. The number of nitrogens with zero attached hydrogens (tertiary/aromatic N) is 5. The van der Waals surface area contributed by atoms with Crippen LogP contribution in [0.5, 0.6) is 0 Å². The molecule has 0 bridgehead atoms. The number of rotatable bonds is 4. The molecule has 24 heavy (non-hydrogen) atoms. The van der Waals surface area contributed by atoms with Gasteiger partial charge in [0.2, 0.25) is 0 Å². The van der Waals surface area contributed by atoms with Crippen molar-refractivity contribution >= 4 is 5.91 Å². The van der Waals surface area contributed by atoms with Crippen LogP contribution in [0.25, 0.3) is 0 Å². The highest BCUT2D eigenvalue weighted by Crippen LogP contribution is 2.39. The van der Waals surface area contributed by atoms with E-state index in [1.807, 2.05) is 6.92 Å². The number of nitrogens with one attached hydrogen (secondary N) is 1. The molecule has 0 aromatic carbocycles. The van der Waals surface area contributed by atoms with E-state index < -0.39 is 0 Å². The molecule has 4 rings (SSSR count). The molecule has 0 unspecified atom stereocenters. The largest absolute Gasteiger partial charge is 0.380 e. The van der Waals surface area contributed by atoms with Gasteiger partial charge in [-0.05, 0) is 19.8 Å². The van der Waals surface area contributed by atoms with Gasteiger partial charge in [0.05, 0.1) is 24.0 Å². The predicted octanol–water partition coefficient (Wildman–Crippen LogP) is 1.38. The molecule has 3 heterocycles. The molecule has 1 amide bonds. The van der Waals surface area contributed by atoms with Gasteiger partial charge in [-0.2, -0.15) is 5.10 Å². The van der Waals surface area contributed by atoms with Gasteiger partial charge in [-0.1, -0.05) is 0 Å². The zero-order valence-corrected chi connectivity index (χ0v) is 13.8. The van der Waals surface area contributed by atoms with Gasteiger partial charge in [-0.3, -0.25) is 14.9 Å². The molecule has 2 atom stereocenters. The summed E-state index contributed by atoms with van der Waals surface area (Å²) in [6.07, 6.45) is 6.08. The summed E-state index contributed by atoms with van der Waals surface area (Å²) in [5, 5.41) is 7.32. The van der Waals surface area contributed by atoms with E-state index in [0.29, 0.717) is 24.6 Å². The lowest BCUT2D eigenvalue weighted by Gasteiger charge is -2.22. The van der Waals surface area contributed by atoms with Gasteiger partial charge in [-0.15, -0.1) is 0 Å². The van der Waals surface area contributed by atoms with Crippen molar-refractivity contribution in [2.75, 3.05) is 13.7 Å². The molecular weight excluding hydrogens is 308 g/mol. The fourth-order valence-corrected chi connectivity index (χ4v) is 3.06. The van der Waals surface area contributed by atoms with Crippen molar-refractivity contribution in [2.24, 2.45) is 0 Å². The second kappa shape index (κ2) is 5.94. The Morgan fingerprint density at radius 2 is 2.17 bits per heavy atom. The fraction of sp³-hybridized carbons (Fsp3) is 0.562. The highest BCUT2D eigenvalue weighted by molar-refractivity contribution is 5.92. The Balaban J connectivity index is 1.60. The minimum absolute atomic E-state index is 0.0215. The smallest absolute Gasteiger partial charge is 0.274 e. The van der Waals surface area contributed by atoms with E-state index in [2.05, 4.69) is 25.1 Å². The monoisotopic (exact) mass is 328 g/mol. The zero-order chi connectivity index (χ0) is 16.7. The first-order chi connectivity index (χ1) is 11.7. The Bertz CT molecular complexity index is 739. The van der Waals surface area contributed by atoms with Crippen LogP contribution in [-0.4, -0.2) is 55.7 Å². The molecule has 126 valence electrons. The van der Waals surface area contributed by atoms with Crippen molar-refractivity contribution in [1.29, 1.82) is 0 Å². The zero-order valence-electron chi connectivity index (χ0n) is 13.8. The van der Waals surface area contributed by atoms with Crippen LogP contribution in [-0.2, 0) is 4.74 Å². The molecule has 2 fully saturated rings. The first kappa shape index (κ1) is 15.2. The first-order valence-electron chi connectivity index (χ1n) is 8.20. The summed E-state index contributed by atoms with van der Waals surface area (Å²) in [5.74, 6) is 1.90. The molecule has 1 aliphatic heterocycles. The van der Waals surface area contributed by atoms with Crippen LogP contribution in [0.2, 0.25) is 0 Å². The van der Waals surface area contributed by atoms with E-state index in [1.54, 1.807) is 18.2 Å². The average Bonchev–Trinajstić information content (AvgIpc) is 3.18. The van der Waals surface area contributed by atoms with Crippen LogP contribution in [0.3, 0.4) is 0 Å². The van der Waals surface area contributed by atoms with Gasteiger partial charge >= 0.3 is 0 Å². The van der Waals surface area contributed by atoms with Crippen LogP contribution in [0.4, 0.5) is 0 Å². The van der Waals surface area contributed by atoms with Crippen molar-refractivity contribution in [3.63, 3.8) is 0 Å². The van der Waals surface area contributed by atoms with Gasteiger partial charge in [0.15, 0.2) is 5.82 Å². The lowest BCUT2D eigenvalue weighted by atomic mass is 10.2. The number of ether oxygens (including phenoxy) is 1. The lowest BCUT2D eigenvalue weighted by molar-refractivity contribution is 0.0678. The van der Waals surface area contributed by atoms with Crippen molar-refractivity contribution in [3.8, 4) is 0 Å². The molecule has 8 nitrogen and oxygen atoms in total. The topological polar surface area (TPSA) is 96.9 Å². The van der Waals surface area contributed by atoms with Crippen molar-refractivity contribution in [1.82, 2.24) is 30.0 Å². The van der Waals surface area contributed by atoms with Crippen LogP contribution in [0.1, 0.15) is 59.1 Å². The second-order valence-corrected chi connectivity index (χ2v) is 6.46. The number of carbonyl (C=O) groups is 1. The maximum atomic E-state index is 12.9. The first-order valence-corrected chi connectivity index (χ1v) is 8.20. The standard InChI is InChI=1S/C16H20N6O2/c1-9-6-18-12(7-17-9)16(23)22-8-11(24-2)5-13(22)15-19-14(20-21-15)10-3-4-10/h6-7,10-11,13H,3-5,8H2,1-2H3,(H,19,20,21)/t11-,13+/m1/s1. The molecular formula is C16H20N6O2. The summed E-state index contributed by atoms with van der Waals surface area (Å²) in [6, 6.07) is -0.175. The third kappa shape index (κ3) is 2.77.